The molecule has 1 N–H and O–H groups in total. The van der Waals surface area contributed by atoms with Gasteiger partial charge in [0.1, 0.15) is 5.82 Å². The number of benzene rings is 2. The van der Waals surface area contributed by atoms with E-state index in [9.17, 15) is 14.0 Å². The van der Waals surface area contributed by atoms with E-state index in [1.807, 2.05) is 0 Å². The topological polar surface area (TPSA) is 73.9 Å². The van der Waals surface area contributed by atoms with E-state index in [2.05, 4.69) is 21.2 Å². The summed E-state index contributed by atoms with van der Waals surface area (Å²) in [4.78, 5) is 24.0. The molecule has 2 aromatic rings. The third-order valence-corrected chi connectivity index (χ3v) is 4.15. The number of carbonyl (C=O) groups excluding carboxylic acids is 2. The summed E-state index contributed by atoms with van der Waals surface area (Å²) in [5.41, 5.74) is 0.706. The average Bonchev–Trinajstić information content (AvgIpc) is 3.10. The Morgan fingerprint density at radius 1 is 1.22 bits per heavy atom. The van der Waals surface area contributed by atoms with Gasteiger partial charge in [-0.25, -0.2) is 9.18 Å². The quantitative estimate of drug-likeness (QED) is 0.569. The van der Waals surface area contributed by atoms with Crippen molar-refractivity contribution in [3.8, 4) is 11.5 Å². The Labute approximate surface area is 163 Å². The molecule has 1 aliphatic heterocycles. The van der Waals surface area contributed by atoms with Gasteiger partial charge in [0, 0.05) is 27.9 Å². The smallest absolute Gasteiger partial charge is 0.331 e. The molecular formula is C19H15BrFNO5. The standard InChI is InChI=1S/C19H15BrFNO5/c1-11(19(24)22-14-4-6-16-17(9-14)26-10-25-16)27-18(23)7-2-12-8-13(20)3-5-15(12)21/h2-9,11H,10H2,1H3,(H,22,24)/b7-2-/t11-/m0/s1. The Bertz CT molecular complexity index is 915. The first-order valence-electron chi connectivity index (χ1n) is 7.96. The lowest BCUT2D eigenvalue weighted by Crippen LogP contribution is -2.29. The number of amides is 1. The molecule has 0 aromatic heterocycles. The van der Waals surface area contributed by atoms with Gasteiger partial charge in [-0.3, -0.25) is 4.79 Å². The molecule has 1 heterocycles. The summed E-state index contributed by atoms with van der Waals surface area (Å²) in [5, 5.41) is 2.63. The number of ether oxygens (including phenoxy) is 3. The van der Waals surface area contributed by atoms with E-state index in [4.69, 9.17) is 14.2 Å². The van der Waals surface area contributed by atoms with Crippen LogP contribution in [-0.4, -0.2) is 24.8 Å². The van der Waals surface area contributed by atoms with Crippen LogP contribution >= 0.6 is 15.9 Å². The molecule has 8 heteroatoms. The third-order valence-electron chi connectivity index (χ3n) is 3.66. The van der Waals surface area contributed by atoms with Crippen molar-refractivity contribution in [2.75, 3.05) is 12.1 Å². The van der Waals surface area contributed by atoms with E-state index in [1.165, 1.54) is 25.1 Å². The Hall–Kier alpha value is -2.87. The van der Waals surface area contributed by atoms with Crippen LogP contribution in [0.1, 0.15) is 12.5 Å². The fraction of sp³-hybridized carbons (Fsp3) is 0.158. The van der Waals surface area contributed by atoms with Gasteiger partial charge >= 0.3 is 5.97 Å². The SMILES string of the molecule is C[C@H](OC(=O)/C=C\c1cc(Br)ccc1F)C(=O)Nc1ccc2c(c1)OCO2. The fourth-order valence-electron chi connectivity index (χ4n) is 2.29. The molecule has 0 aliphatic carbocycles. The molecule has 3 rings (SSSR count). The van der Waals surface area contributed by atoms with Crippen molar-refractivity contribution in [1.82, 2.24) is 0 Å². The number of anilines is 1. The van der Waals surface area contributed by atoms with Crippen molar-refractivity contribution >= 4 is 39.6 Å². The summed E-state index contributed by atoms with van der Waals surface area (Å²) < 4.78 is 29.8. The van der Waals surface area contributed by atoms with Gasteiger partial charge in [0.25, 0.3) is 5.91 Å². The molecule has 0 bridgehead atoms. The van der Waals surface area contributed by atoms with Crippen LogP contribution in [-0.2, 0) is 14.3 Å². The fourth-order valence-corrected chi connectivity index (χ4v) is 2.66. The molecule has 0 radical (unpaired) electrons. The predicted molar refractivity (Wildman–Crippen MR) is 99.9 cm³/mol. The maximum Gasteiger partial charge on any atom is 0.331 e. The van der Waals surface area contributed by atoms with Gasteiger partial charge in [0.05, 0.1) is 0 Å². The number of fused-ring (bicyclic) bond motifs is 1. The number of carbonyl (C=O) groups is 2. The van der Waals surface area contributed by atoms with Crippen molar-refractivity contribution in [2.45, 2.75) is 13.0 Å². The lowest BCUT2D eigenvalue weighted by atomic mass is 10.2. The minimum Gasteiger partial charge on any atom is -0.454 e. The first kappa shape index (κ1) is 18.9. The van der Waals surface area contributed by atoms with Crippen molar-refractivity contribution in [3.63, 3.8) is 0 Å². The maximum atomic E-state index is 13.6. The monoisotopic (exact) mass is 435 g/mol. The highest BCUT2D eigenvalue weighted by atomic mass is 79.9. The van der Waals surface area contributed by atoms with E-state index < -0.39 is 23.8 Å². The first-order valence-corrected chi connectivity index (χ1v) is 8.76. The molecule has 0 unspecified atom stereocenters. The molecule has 0 spiro atoms. The van der Waals surface area contributed by atoms with Crippen molar-refractivity contribution in [3.05, 3.63) is 58.3 Å². The molecule has 140 valence electrons. The van der Waals surface area contributed by atoms with Crippen LogP contribution in [0.3, 0.4) is 0 Å². The van der Waals surface area contributed by atoms with Crippen LogP contribution in [0.5, 0.6) is 11.5 Å². The summed E-state index contributed by atoms with van der Waals surface area (Å²) in [5.74, 6) is -0.628. The molecule has 0 saturated heterocycles. The summed E-state index contributed by atoms with van der Waals surface area (Å²) in [6, 6.07) is 9.28. The van der Waals surface area contributed by atoms with E-state index in [0.29, 0.717) is 21.7 Å². The molecular weight excluding hydrogens is 421 g/mol. The van der Waals surface area contributed by atoms with Crippen LogP contribution in [0.15, 0.2) is 46.9 Å². The zero-order valence-electron chi connectivity index (χ0n) is 14.2. The van der Waals surface area contributed by atoms with E-state index in [1.54, 1.807) is 24.3 Å². The Morgan fingerprint density at radius 2 is 2.00 bits per heavy atom. The second kappa shape index (κ2) is 8.22. The zero-order chi connectivity index (χ0) is 19.4. The second-order valence-electron chi connectivity index (χ2n) is 5.64. The molecule has 1 amide bonds. The highest BCUT2D eigenvalue weighted by Crippen LogP contribution is 2.34. The van der Waals surface area contributed by atoms with Gasteiger partial charge in [-0.05, 0) is 43.3 Å². The van der Waals surface area contributed by atoms with Gasteiger partial charge in [-0.15, -0.1) is 0 Å². The Balaban J connectivity index is 1.56. The number of halogens is 2. The van der Waals surface area contributed by atoms with E-state index in [0.717, 1.165) is 6.08 Å². The highest BCUT2D eigenvalue weighted by Gasteiger charge is 2.19. The highest BCUT2D eigenvalue weighted by molar-refractivity contribution is 9.10. The minimum absolute atomic E-state index is 0.131. The zero-order valence-corrected chi connectivity index (χ0v) is 15.8. The maximum absolute atomic E-state index is 13.6. The minimum atomic E-state index is -1.04. The van der Waals surface area contributed by atoms with Crippen LogP contribution < -0.4 is 14.8 Å². The van der Waals surface area contributed by atoms with Gasteiger partial charge in [-0.1, -0.05) is 15.9 Å². The molecule has 1 aliphatic rings. The largest absolute Gasteiger partial charge is 0.454 e. The molecule has 27 heavy (non-hydrogen) atoms. The van der Waals surface area contributed by atoms with Crippen molar-refractivity contribution in [1.29, 1.82) is 0 Å². The van der Waals surface area contributed by atoms with Crippen LogP contribution in [0.4, 0.5) is 10.1 Å². The van der Waals surface area contributed by atoms with Crippen LogP contribution in [0.25, 0.3) is 6.08 Å². The third kappa shape index (κ3) is 4.85. The number of rotatable bonds is 5. The number of hydrogen-bond acceptors (Lipinski definition) is 5. The normalized spacial score (nSPS) is 13.4. The summed E-state index contributed by atoms with van der Waals surface area (Å²) >= 11 is 3.23. The predicted octanol–water partition coefficient (Wildman–Crippen LogP) is 3.90. The summed E-state index contributed by atoms with van der Waals surface area (Å²) in [6.45, 7) is 1.57. The lowest BCUT2D eigenvalue weighted by molar-refractivity contribution is -0.148. The number of nitrogens with one attached hydrogen (secondary N) is 1. The molecule has 6 nitrogen and oxygen atoms in total. The molecule has 0 saturated carbocycles. The van der Waals surface area contributed by atoms with Gasteiger partial charge in [0.15, 0.2) is 17.6 Å². The first-order chi connectivity index (χ1) is 12.9. The van der Waals surface area contributed by atoms with Gasteiger partial charge in [0.2, 0.25) is 6.79 Å². The molecule has 2 aromatic carbocycles. The van der Waals surface area contributed by atoms with Crippen LogP contribution in [0.2, 0.25) is 0 Å². The van der Waals surface area contributed by atoms with Crippen molar-refractivity contribution in [2.24, 2.45) is 0 Å². The lowest BCUT2D eigenvalue weighted by Gasteiger charge is -2.12. The second-order valence-corrected chi connectivity index (χ2v) is 6.55. The Morgan fingerprint density at radius 3 is 2.81 bits per heavy atom. The summed E-state index contributed by atoms with van der Waals surface area (Å²) in [7, 11) is 0. The average molecular weight is 436 g/mol. The van der Waals surface area contributed by atoms with Gasteiger partial charge < -0.3 is 19.5 Å². The van der Waals surface area contributed by atoms with Crippen molar-refractivity contribution < 1.29 is 28.2 Å². The number of esters is 1. The molecule has 0 fully saturated rings. The van der Waals surface area contributed by atoms with E-state index in [-0.39, 0.29) is 12.4 Å². The number of hydrogen-bond donors (Lipinski definition) is 1. The summed E-state index contributed by atoms with van der Waals surface area (Å²) in [6.07, 6.45) is 1.31. The van der Waals surface area contributed by atoms with Crippen LogP contribution in [0, 0.1) is 5.82 Å². The van der Waals surface area contributed by atoms with Gasteiger partial charge in [-0.2, -0.15) is 0 Å². The molecule has 1 atom stereocenters. The van der Waals surface area contributed by atoms with E-state index >= 15 is 0 Å². The Kier molecular flexibility index (Phi) is 5.75.